The van der Waals surface area contributed by atoms with E-state index in [0.29, 0.717) is 12.6 Å². The van der Waals surface area contributed by atoms with Gasteiger partial charge in [-0.1, -0.05) is 36.4 Å². The maximum absolute atomic E-state index is 10.3. The van der Waals surface area contributed by atoms with Crippen LogP contribution in [0.1, 0.15) is 44.1 Å². The molecule has 1 aliphatic heterocycles. The summed E-state index contributed by atoms with van der Waals surface area (Å²) in [6, 6.07) is 16.5. The van der Waals surface area contributed by atoms with Crippen molar-refractivity contribution in [1.29, 1.82) is 0 Å². The highest BCUT2D eigenvalue weighted by Crippen LogP contribution is 2.18. The Labute approximate surface area is 191 Å². The monoisotopic (exact) mass is 439 g/mol. The smallest absolute Gasteiger partial charge is 0.191 e. The average molecular weight is 440 g/mol. The number of piperidine rings is 1. The zero-order valence-corrected chi connectivity index (χ0v) is 19.5. The summed E-state index contributed by atoms with van der Waals surface area (Å²) >= 11 is 0. The zero-order valence-electron chi connectivity index (χ0n) is 19.5. The maximum atomic E-state index is 10.3. The van der Waals surface area contributed by atoms with Gasteiger partial charge in [-0.05, 0) is 51.3 Å². The van der Waals surface area contributed by atoms with Gasteiger partial charge in [0, 0.05) is 31.4 Å². The summed E-state index contributed by atoms with van der Waals surface area (Å²) in [5.74, 6) is 1.80. The molecular weight excluding hydrogens is 402 g/mol. The van der Waals surface area contributed by atoms with Gasteiger partial charge < -0.3 is 25.4 Å². The number of hydrogen-bond donors (Lipinski definition) is 3. The fraction of sp³-hybridized carbons (Fsp3) is 0.520. The number of nitrogens with zero attached hydrogens (tertiary/aromatic N) is 3. The fourth-order valence-corrected chi connectivity index (χ4v) is 3.80. The molecule has 7 heteroatoms. The van der Waals surface area contributed by atoms with E-state index in [1.54, 1.807) is 0 Å². The summed E-state index contributed by atoms with van der Waals surface area (Å²) in [5.41, 5.74) is 2.15. The van der Waals surface area contributed by atoms with Gasteiger partial charge in [0.25, 0.3) is 0 Å². The molecule has 0 amide bonds. The first-order chi connectivity index (χ1) is 15.5. The molecule has 1 saturated heterocycles. The number of aliphatic hydroxyl groups is 1. The number of guanidine groups is 1. The Bertz CT molecular complexity index is 837. The van der Waals surface area contributed by atoms with Gasteiger partial charge >= 0.3 is 0 Å². The molecular formula is C25H37N5O2. The molecule has 0 saturated carbocycles. The minimum Gasteiger partial charge on any atom is -0.389 e. The highest BCUT2D eigenvalue weighted by atomic mass is 16.5. The molecule has 32 heavy (non-hydrogen) atoms. The highest BCUT2D eigenvalue weighted by molar-refractivity contribution is 5.80. The molecule has 174 valence electrons. The third-order valence-corrected chi connectivity index (χ3v) is 5.65. The highest BCUT2D eigenvalue weighted by Gasteiger charge is 2.21. The molecule has 0 bridgehead atoms. The number of rotatable bonds is 9. The molecule has 3 N–H and O–H groups in total. The molecule has 1 aromatic carbocycles. The molecule has 1 aromatic heterocycles. The minimum atomic E-state index is -0.647. The molecule has 3 rings (SSSR count). The number of aliphatic imine (C=N–C) groups is 1. The number of ether oxygens (including phenoxy) is 1. The largest absolute Gasteiger partial charge is 0.389 e. The quantitative estimate of drug-likeness (QED) is 0.412. The van der Waals surface area contributed by atoms with Crippen LogP contribution in [-0.4, -0.2) is 61.0 Å². The number of anilines is 1. The standard InChI is InChI=1S/C25H37N5O2/c1-4-26-25(27-17-23(31)18-32-20(3)21-10-6-5-7-11-21)29-22-13-15-30(16-14-22)24-12-8-9-19(2)28-24/h5-12,20,22-23,31H,4,13-18H2,1-3H3,(H2,26,27,29). The number of aliphatic hydroxyl groups excluding tert-OH is 1. The molecule has 0 radical (unpaired) electrons. The summed E-state index contributed by atoms with van der Waals surface area (Å²) in [5, 5.41) is 17.2. The topological polar surface area (TPSA) is 82.0 Å². The second-order valence-corrected chi connectivity index (χ2v) is 8.30. The molecule has 2 unspecified atom stereocenters. The van der Waals surface area contributed by atoms with Crippen molar-refractivity contribution in [3.05, 3.63) is 59.8 Å². The number of hydrogen-bond acceptors (Lipinski definition) is 5. The van der Waals surface area contributed by atoms with Gasteiger partial charge in [-0.25, -0.2) is 4.98 Å². The van der Waals surface area contributed by atoms with Crippen LogP contribution in [-0.2, 0) is 4.74 Å². The molecule has 2 atom stereocenters. The number of pyridine rings is 1. The van der Waals surface area contributed by atoms with Crippen molar-refractivity contribution in [2.75, 3.05) is 37.7 Å². The predicted octanol–water partition coefficient (Wildman–Crippen LogP) is 3.05. The summed E-state index contributed by atoms with van der Waals surface area (Å²) in [7, 11) is 0. The number of nitrogens with one attached hydrogen (secondary N) is 2. The van der Waals surface area contributed by atoms with Crippen LogP contribution in [0.3, 0.4) is 0 Å². The second-order valence-electron chi connectivity index (χ2n) is 8.30. The van der Waals surface area contributed by atoms with Crippen molar-refractivity contribution in [1.82, 2.24) is 15.6 Å². The van der Waals surface area contributed by atoms with Crippen molar-refractivity contribution in [3.8, 4) is 0 Å². The van der Waals surface area contributed by atoms with E-state index < -0.39 is 6.10 Å². The average Bonchev–Trinajstić information content (AvgIpc) is 2.82. The molecule has 2 aromatic rings. The van der Waals surface area contributed by atoms with Crippen LogP contribution in [0.5, 0.6) is 0 Å². The Morgan fingerprint density at radius 2 is 1.94 bits per heavy atom. The van der Waals surface area contributed by atoms with Crippen molar-refractivity contribution in [2.45, 2.75) is 51.9 Å². The molecule has 0 aliphatic carbocycles. The third-order valence-electron chi connectivity index (χ3n) is 5.65. The molecule has 7 nitrogen and oxygen atoms in total. The summed E-state index contributed by atoms with van der Waals surface area (Å²) in [4.78, 5) is 11.6. The lowest BCUT2D eigenvalue weighted by Gasteiger charge is -2.34. The van der Waals surface area contributed by atoms with Gasteiger partial charge in [0.15, 0.2) is 5.96 Å². The summed E-state index contributed by atoms with van der Waals surface area (Å²) in [6.45, 7) is 9.31. The Balaban J connectivity index is 1.44. The van der Waals surface area contributed by atoms with E-state index in [1.165, 1.54) is 0 Å². The number of aryl methyl sites for hydroxylation is 1. The van der Waals surface area contributed by atoms with Crippen LogP contribution in [0, 0.1) is 6.92 Å². The lowest BCUT2D eigenvalue weighted by molar-refractivity contribution is 0.00111. The van der Waals surface area contributed by atoms with Crippen LogP contribution in [0.2, 0.25) is 0 Å². The van der Waals surface area contributed by atoms with E-state index in [1.807, 2.05) is 57.2 Å². The lowest BCUT2D eigenvalue weighted by Crippen LogP contribution is -2.49. The Morgan fingerprint density at radius 1 is 1.19 bits per heavy atom. The van der Waals surface area contributed by atoms with E-state index in [4.69, 9.17) is 4.74 Å². The first-order valence-corrected chi connectivity index (χ1v) is 11.6. The van der Waals surface area contributed by atoms with E-state index in [0.717, 1.165) is 55.5 Å². The van der Waals surface area contributed by atoms with Gasteiger partial charge in [0.05, 0.1) is 25.4 Å². The Hall–Kier alpha value is -2.64. The van der Waals surface area contributed by atoms with Gasteiger partial charge in [-0.3, -0.25) is 4.99 Å². The number of benzene rings is 1. The zero-order chi connectivity index (χ0) is 22.8. The van der Waals surface area contributed by atoms with Gasteiger partial charge in [0.1, 0.15) is 5.82 Å². The van der Waals surface area contributed by atoms with Gasteiger partial charge in [-0.2, -0.15) is 0 Å². The van der Waals surface area contributed by atoms with Crippen LogP contribution in [0.25, 0.3) is 0 Å². The molecule has 1 fully saturated rings. The predicted molar refractivity (Wildman–Crippen MR) is 130 cm³/mol. The first kappa shape index (κ1) is 24.0. The van der Waals surface area contributed by atoms with Crippen LogP contribution in [0.4, 0.5) is 5.82 Å². The summed E-state index contributed by atoms with van der Waals surface area (Å²) in [6.07, 6.45) is 1.32. The SMILES string of the molecule is CCNC(=NCC(O)COC(C)c1ccccc1)NC1CCN(c2cccc(C)n2)CC1. The van der Waals surface area contributed by atoms with Gasteiger partial charge in [0.2, 0.25) is 0 Å². The van der Waals surface area contributed by atoms with E-state index >= 15 is 0 Å². The van der Waals surface area contributed by atoms with Crippen molar-refractivity contribution >= 4 is 11.8 Å². The fourth-order valence-electron chi connectivity index (χ4n) is 3.80. The third kappa shape index (κ3) is 7.50. The minimum absolute atomic E-state index is 0.0609. The van der Waals surface area contributed by atoms with Crippen LogP contribution < -0.4 is 15.5 Å². The normalized spacial score (nSPS) is 17.1. The van der Waals surface area contributed by atoms with Gasteiger partial charge in [-0.15, -0.1) is 0 Å². The molecule has 2 heterocycles. The van der Waals surface area contributed by atoms with Crippen molar-refractivity contribution < 1.29 is 9.84 Å². The summed E-state index contributed by atoms with van der Waals surface area (Å²) < 4.78 is 5.82. The molecule has 0 spiro atoms. The number of aromatic nitrogens is 1. The molecule has 1 aliphatic rings. The van der Waals surface area contributed by atoms with Crippen LogP contribution >= 0.6 is 0 Å². The lowest BCUT2D eigenvalue weighted by atomic mass is 10.1. The Morgan fingerprint density at radius 3 is 2.62 bits per heavy atom. The maximum Gasteiger partial charge on any atom is 0.191 e. The van der Waals surface area contributed by atoms with Crippen molar-refractivity contribution in [3.63, 3.8) is 0 Å². The first-order valence-electron chi connectivity index (χ1n) is 11.6. The Kier molecular flexibility index (Phi) is 9.31. The van der Waals surface area contributed by atoms with Crippen molar-refractivity contribution in [2.24, 2.45) is 4.99 Å². The van der Waals surface area contributed by atoms with E-state index in [9.17, 15) is 5.11 Å². The van der Waals surface area contributed by atoms with Crippen LogP contribution in [0.15, 0.2) is 53.5 Å². The van der Waals surface area contributed by atoms with E-state index in [-0.39, 0.29) is 12.7 Å². The van der Waals surface area contributed by atoms with E-state index in [2.05, 4.69) is 37.6 Å². The second kappa shape index (κ2) is 12.4.